The molecule has 29 heavy (non-hydrogen) atoms. The third kappa shape index (κ3) is 4.15. The van der Waals surface area contributed by atoms with E-state index in [-0.39, 0.29) is 23.9 Å². The molecule has 1 saturated heterocycles. The maximum absolute atomic E-state index is 13.0. The summed E-state index contributed by atoms with van der Waals surface area (Å²) >= 11 is 0. The number of hydrogen-bond acceptors (Lipinski definition) is 2. The predicted octanol–water partition coefficient (Wildman–Crippen LogP) is 5.95. The fourth-order valence-corrected chi connectivity index (χ4v) is 3.85. The Balaban J connectivity index is 1.52. The van der Waals surface area contributed by atoms with E-state index in [4.69, 9.17) is 4.74 Å². The molecule has 1 aliphatic heterocycles. The molecule has 1 aliphatic rings. The SMILES string of the molecule is C[C@H]1[C@@H](Oc2cccc(C(F)(F)F)c2)CN1C(c1ccccc1)c1ccccc1. The lowest BCUT2D eigenvalue weighted by Gasteiger charge is -2.50. The Morgan fingerprint density at radius 3 is 1.97 bits per heavy atom. The molecule has 0 aromatic heterocycles. The molecule has 2 nitrogen and oxygen atoms in total. The van der Waals surface area contributed by atoms with Crippen LogP contribution in [0.5, 0.6) is 5.75 Å². The lowest BCUT2D eigenvalue weighted by Crippen LogP contribution is -2.62. The first-order valence-electron chi connectivity index (χ1n) is 9.63. The van der Waals surface area contributed by atoms with Gasteiger partial charge in [-0.3, -0.25) is 4.90 Å². The zero-order valence-corrected chi connectivity index (χ0v) is 16.0. The van der Waals surface area contributed by atoms with Crippen molar-refractivity contribution < 1.29 is 17.9 Å². The average molecular weight is 397 g/mol. The minimum atomic E-state index is -4.37. The van der Waals surface area contributed by atoms with Gasteiger partial charge in [-0.1, -0.05) is 66.7 Å². The van der Waals surface area contributed by atoms with E-state index in [2.05, 4.69) is 36.1 Å². The monoisotopic (exact) mass is 397 g/mol. The molecule has 150 valence electrons. The van der Waals surface area contributed by atoms with Gasteiger partial charge in [0.15, 0.2) is 0 Å². The quantitative estimate of drug-likeness (QED) is 0.528. The summed E-state index contributed by atoms with van der Waals surface area (Å²) in [5.41, 5.74) is 1.68. The molecule has 3 aromatic carbocycles. The highest BCUT2D eigenvalue weighted by Crippen LogP contribution is 2.38. The van der Waals surface area contributed by atoms with E-state index < -0.39 is 11.7 Å². The number of halogens is 3. The second-order valence-corrected chi connectivity index (χ2v) is 7.34. The van der Waals surface area contributed by atoms with Crippen LogP contribution in [0.1, 0.15) is 29.7 Å². The fraction of sp³-hybridized carbons (Fsp3) is 0.250. The number of alkyl halides is 3. The maximum Gasteiger partial charge on any atom is 0.416 e. The van der Waals surface area contributed by atoms with Gasteiger partial charge in [-0.05, 0) is 36.2 Å². The first-order valence-corrected chi connectivity index (χ1v) is 9.63. The van der Waals surface area contributed by atoms with Gasteiger partial charge in [0.2, 0.25) is 0 Å². The van der Waals surface area contributed by atoms with Crippen molar-refractivity contribution in [1.82, 2.24) is 4.90 Å². The molecule has 0 N–H and O–H groups in total. The third-order valence-electron chi connectivity index (χ3n) is 5.46. The number of likely N-dealkylation sites (tertiary alicyclic amines) is 1. The highest BCUT2D eigenvalue weighted by atomic mass is 19.4. The molecular formula is C24H22F3NO. The minimum absolute atomic E-state index is 0.0648. The van der Waals surface area contributed by atoms with Crippen molar-refractivity contribution in [3.63, 3.8) is 0 Å². The molecule has 0 radical (unpaired) electrons. The molecule has 3 aromatic rings. The summed E-state index contributed by atoms with van der Waals surface area (Å²) in [5.74, 6) is 0.257. The Morgan fingerprint density at radius 1 is 0.862 bits per heavy atom. The zero-order valence-electron chi connectivity index (χ0n) is 16.0. The smallest absolute Gasteiger partial charge is 0.416 e. The van der Waals surface area contributed by atoms with Gasteiger partial charge < -0.3 is 4.74 Å². The standard InChI is InChI=1S/C24H22F3NO/c1-17-22(29-21-14-8-13-20(15-21)24(25,26)27)16-28(17)23(18-9-4-2-5-10-18)19-11-6-3-7-12-19/h2-15,17,22-23H,16H2,1H3/t17-,22-/m0/s1. The molecule has 0 amide bonds. The zero-order chi connectivity index (χ0) is 20.4. The van der Waals surface area contributed by atoms with Crippen molar-refractivity contribution >= 4 is 0 Å². The summed E-state index contributed by atoms with van der Waals surface area (Å²) < 4.78 is 44.8. The molecular weight excluding hydrogens is 375 g/mol. The van der Waals surface area contributed by atoms with Crippen molar-refractivity contribution in [2.75, 3.05) is 6.54 Å². The molecule has 0 spiro atoms. The molecule has 0 saturated carbocycles. The summed E-state index contributed by atoms with van der Waals surface area (Å²) in [4.78, 5) is 2.32. The molecule has 0 unspecified atom stereocenters. The van der Waals surface area contributed by atoms with Crippen molar-refractivity contribution in [3.8, 4) is 5.75 Å². The lowest BCUT2D eigenvalue weighted by atomic mass is 9.89. The Hall–Kier alpha value is -2.79. The van der Waals surface area contributed by atoms with Gasteiger partial charge in [0, 0.05) is 12.6 Å². The summed E-state index contributed by atoms with van der Waals surface area (Å²) in [6, 6.07) is 25.7. The molecule has 1 heterocycles. The summed E-state index contributed by atoms with van der Waals surface area (Å²) in [6.45, 7) is 2.70. The molecule has 0 bridgehead atoms. The van der Waals surface area contributed by atoms with E-state index >= 15 is 0 Å². The minimum Gasteiger partial charge on any atom is -0.487 e. The Kier molecular flexibility index (Phi) is 5.33. The first-order chi connectivity index (χ1) is 13.9. The first kappa shape index (κ1) is 19.5. The fourth-order valence-electron chi connectivity index (χ4n) is 3.85. The van der Waals surface area contributed by atoms with E-state index in [0.717, 1.165) is 12.1 Å². The third-order valence-corrected chi connectivity index (χ3v) is 5.46. The number of benzene rings is 3. The number of nitrogens with zero attached hydrogens (tertiary/aromatic N) is 1. The van der Waals surface area contributed by atoms with Gasteiger partial charge >= 0.3 is 6.18 Å². The van der Waals surface area contributed by atoms with Crippen molar-refractivity contribution in [3.05, 3.63) is 102 Å². The van der Waals surface area contributed by atoms with Crippen molar-refractivity contribution in [2.45, 2.75) is 31.3 Å². The Morgan fingerprint density at radius 2 is 1.45 bits per heavy atom. The predicted molar refractivity (Wildman–Crippen MR) is 107 cm³/mol. The van der Waals surface area contributed by atoms with Crippen molar-refractivity contribution in [2.24, 2.45) is 0 Å². The molecule has 4 rings (SSSR count). The van der Waals surface area contributed by atoms with Gasteiger partial charge in [0.25, 0.3) is 0 Å². The Bertz CT molecular complexity index is 904. The van der Waals surface area contributed by atoms with Gasteiger partial charge in [0.05, 0.1) is 11.6 Å². The van der Waals surface area contributed by atoms with Crippen LogP contribution in [-0.2, 0) is 6.18 Å². The largest absolute Gasteiger partial charge is 0.487 e. The van der Waals surface area contributed by atoms with E-state index in [9.17, 15) is 13.2 Å². The van der Waals surface area contributed by atoms with E-state index in [1.54, 1.807) is 6.07 Å². The van der Waals surface area contributed by atoms with Crippen LogP contribution in [0.25, 0.3) is 0 Å². The Labute approximate surface area is 168 Å². The molecule has 0 aliphatic carbocycles. The number of ether oxygens (including phenoxy) is 1. The lowest BCUT2D eigenvalue weighted by molar-refractivity contribution is -0.137. The van der Waals surface area contributed by atoms with Crippen LogP contribution < -0.4 is 4.74 Å². The van der Waals surface area contributed by atoms with Crippen LogP contribution >= 0.6 is 0 Å². The van der Waals surface area contributed by atoms with E-state index in [0.29, 0.717) is 6.54 Å². The average Bonchev–Trinajstić information content (AvgIpc) is 2.74. The van der Waals surface area contributed by atoms with Gasteiger partial charge in [-0.25, -0.2) is 0 Å². The number of rotatable bonds is 5. The molecule has 2 atom stereocenters. The topological polar surface area (TPSA) is 12.5 Å². The summed E-state index contributed by atoms with van der Waals surface area (Å²) in [6.07, 6.45) is -4.53. The summed E-state index contributed by atoms with van der Waals surface area (Å²) in [7, 11) is 0. The van der Waals surface area contributed by atoms with Crippen LogP contribution in [0.3, 0.4) is 0 Å². The highest BCUT2D eigenvalue weighted by Gasteiger charge is 2.42. The van der Waals surface area contributed by atoms with Crippen LogP contribution in [0.2, 0.25) is 0 Å². The van der Waals surface area contributed by atoms with Crippen LogP contribution in [0, 0.1) is 0 Å². The normalized spacial score (nSPS) is 19.8. The van der Waals surface area contributed by atoms with Crippen LogP contribution in [0.4, 0.5) is 13.2 Å². The van der Waals surface area contributed by atoms with Crippen molar-refractivity contribution in [1.29, 1.82) is 0 Å². The second kappa shape index (κ2) is 7.91. The van der Waals surface area contributed by atoms with Gasteiger partial charge in [-0.2, -0.15) is 13.2 Å². The van der Waals surface area contributed by atoms with Gasteiger partial charge in [-0.15, -0.1) is 0 Å². The second-order valence-electron chi connectivity index (χ2n) is 7.34. The van der Waals surface area contributed by atoms with E-state index in [1.165, 1.54) is 17.2 Å². The van der Waals surface area contributed by atoms with Crippen LogP contribution in [-0.4, -0.2) is 23.6 Å². The maximum atomic E-state index is 13.0. The molecule has 5 heteroatoms. The highest BCUT2D eigenvalue weighted by molar-refractivity contribution is 5.34. The summed E-state index contributed by atoms with van der Waals surface area (Å²) in [5, 5.41) is 0. The van der Waals surface area contributed by atoms with E-state index in [1.807, 2.05) is 36.4 Å². The van der Waals surface area contributed by atoms with Gasteiger partial charge in [0.1, 0.15) is 11.9 Å². The number of hydrogen-bond donors (Lipinski definition) is 0. The van der Waals surface area contributed by atoms with Crippen LogP contribution in [0.15, 0.2) is 84.9 Å². The molecule has 1 fully saturated rings.